The Morgan fingerprint density at radius 1 is 1.00 bits per heavy atom. The number of carbonyl (C=O) groups is 2. The van der Waals surface area contributed by atoms with Gasteiger partial charge in [0.05, 0.1) is 17.3 Å². The number of para-hydroxylation sites is 2. The maximum Gasteiger partial charge on any atom is 0.265 e. The van der Waals surface area contributed by atoms with Crippen molar-refractivity contribution in [1.82, 2.24) is 5.32 Å². The van der Waals surface area contributed by atoms with Gasteiger partial charge in [0.2, 0.25) is 5.91 Å². The Morgan fingerprint density at radius 3 is 2.44 bits per heavy atom. The minimum atomic E-state index is -3.98. The van der Waals surface area contributed by atoms with Gasteiger partial charge in [-0.3, -0.25) is 13.9 Å². The van der Waals surface area contributed by atoms with E-state index in [4.69, 9.17) is 11.6 Å². The van der Waals surface area contributed by atoms with Crippen molar-refractivity contribution in [3.05, 3.63) is 87.9 Å². The predicted octanol–water partition coefficient (Wildman–Crippen LogP) is 4.08. The standard InChI is InChI=1S/C25H24ClN3O4S/c1-16-6-5-7-17(2)24(16)28-23(30)15-27-25(31)19-10-11-20(26)22(14-19)34(32,33)29-13-12-18-8-3-4-9-21(18)29/h3-11,14H,12-13,15H2,1-2H3,(H,27,31)(H,28,30). The molecule has 0 saturated carbocycles. The summed E-state index contributed by atoms with van der Waals surface area (Å²) in [6.07, 6.45) is 0.600. The van der Waals surface area contributed by atoms with Crippen LogP contribution in [0.2, 0.25) is 5.02 Å². The van der Waals surface area contributed by atoms with Crippen LogP contribution in [-0.2, 0) is 21.2 Å². The SMILES string of the molecule is Cc1cccc(C)c1NC(=O)CNC(=O)c1ccc(Cl)c(S(=O)(=O)N2CCc3ccccc32)c1. The number of hydrogen-bond acceptors (Lipinski definition) is 4. The van der Waals surface area contributed by atoms with E-state index in [-0.39, 0.29) is 27.9 Å². The van der Waals surface area contributed by atoms with Crippen molar-refractivity contribution in [3.63, 3.8) is 0 Å². The second kappa shape index (κ2) is 9.48. The van der Waals surface area contributed by atoms with Crippen LogP contribution in [0, 0.1) is 13.8 Å². The quantitative estimate of drug-likeness (QED) is 0.536. The van der Waals surface area contributed by atoms with Gasteiger partial charge in [-0.2, -0.15) is 0 Å². The van der Waals surface area contributed by atoms with Crippen LogP contribution >= 0.6 is 11.6 Å². The fourth-order valence-corrected chi connectivity index (χ4v) is 5.98. The highest BCUT2D eigenvalue weighted by molar-refractivity contribution is 7.93. The van der Waals surface area contributed by atoms with Crippen LogP contribution < -0.4 is 14.9 Å². The van der Waals surface area contributed by atoms with E-state index in [0.29, 0.717) is 24.3 Å². The first-order chi connectivity index (χ1) is 16.2. The first-order valence-corrected chi connectivity index (χ1v) is 12.5. The summed E-state index contributed by atoms with van der Waals surface area (Å²) in [5.74, 6) is -0.965. The lowest BCUT2D eigenvalue weighted by Crippen LogP contribution is -2.33. The molecule has 1 aliphatic heterocycles. The van der Waals surface area contributed by atoms with E-state index in [1.807, 2.05) is 44.2 Å². The molecule has 0 spiro atoms. The molecule has 3 aromatic rings. The molecule has 0 aromatic heterocycles. The molecule has 4 rings (SSSR count). The number of hydrogen-bond donors (Lipinski definition) is 2. The molecule has 0 saturated heterocycles. The predicted molar refractivity (Wildman–Crippen MR) is 133 cm³/mol. The van der Waals surface area contributed by atoms with Gasteiger partial charge >= 0.3 is 0 Å². The van der Waals surface area contributed by atoms with Crippen molar-refractivity contribution in [2.24, 2.45) is 0 Å². The third-order valence-corrected chi connectivity index (χ3v) is 8.06. The van der Waals surface area contributed by atoms with Crippen LogP contribution in [0.5, 0.6) is 0 Å². The highest BCUT2D eigenvalue weighted by atomic mass is 35.5. The smallest absolute Gasteiger partial charge is 0.265 e. The van der Waals surface area contributed by atoms with Crippen LogP contribution in [0.3, 0.4) is 0 Å². The topological polar surface area (TPSA) is 95.6 Å². The van der Waals surface area contributed by atoms with Crippen molar-refractivity contribution in [2.75, 3.05) is 22.7 Å². The fraction of sp³-hybridized carbons (Fsp3) is 0.200. The molecule has 9 heteroatoms. The molecule has 0 bridgehead atoms. The molecule has 0 unspecified atom stereocenters. The molecule has 0 radical (unpaired) electrons. The van der Waals surface area contributed by atoms with Crippen LogP contribution in [0.15, 0.2) is 65.6 Å². The van der Waals surface area contributed by atoms with Gasteiger partial charge < -0.3 is 10.6 Å². The van der Waals surface area contributed by atoms with E-state index in [1.54, 1.807) is 12.1 Å². The largest absolute Gasteiger partial charge is 0.343 e. The molecule has 34 heavy (non-hydrogen) atoms. The summed E-state index contributed by atoms with van der Waals surface area (Å²) in [6, 6.07) is 17.0. The number of fused-ring (bicyclic) bond motifs is 1. The average Bonchev–Trinajstić information content (AvgIpc) is 3.25. The number of rotatable bonds is 6. The third kappa shape index (κ3) is 4.64. The molecule has 0 aliphatic carbocycles. The minimum absolute atomic E-state index is 0.0219. The monoisotopic (exact) mass is 497 g/mol. The van der Waals surface area contributed by atoms with E-state index < -0.39 is 15.9 Å². The van der Waals surface area contributed by atoms with E-state index in [2.05, 4.69) is 10.6 Å². The molecule has 2 N–H and O–H groups in total. The van der Waals surface area contributed by atoms with Gasteiger partial charge in [-0.25, -0.2) is 8.42 Å². The number of sulfonamides is 1. The van der Waals surface area contributed by atoms with Crippen molar-refractivity contribution in [3.8, 4) is 0 Å². The second-order valence-electron chi connectivity index (χ2n) is 8.10. The van der Waals surface area contributed by atoms with Gasteiger partial charge in [-0.15, -0.1) is 0 Å². The number of anilines is 2. The fourth-order valence-electron chi connectivity index (χ4n) is 3.98. The lowest BCUT2D eigenvalue weighted by molar-refractivity contribution is -0.115. The van der Waals surface area contributed by atoms with E-state index in [9.17, 15) is 18.0 Å². The molecule has 1 heterocycles. The number of aryl methyl sites for hydroxylation is 2. The summed E-state index contributed by atoms with van der Waals surface area (Å²) in [7, 11) is -3.98. The second-order valence-corrected chi connectivity index (χ2v) is 10.3. The Balaban J connectivity index is 1.50. The van der Waals surface area contributed by atoms with Gasteiger partial charge in [0, 0.05) is 17.8 Å². The van der Waals surface area contributed by atoms with Crippen molar-refractivity contribution < 1.29 is 18.0 Å². The summed E-state index contributed by atoms with van der Waals surface area (Å²) in [4.78, 5) is 24.9. The van der Waals surface area contributed by atoms with Gasteiger partial charge in [-0.05, 0) is 61.2 Å². The molecular weight excluding hydrogens is 474 g/mol. The molecule has 0 fully saturated rings. The average molecular weight is 498 g/mol. The maximum absolute atomic E-state index is 13.4. The number of benzene rings is 3. The highest BCUT2D eigenvalue weighted by Gasteiger charge is 2.32. The summed E-state index contributed by atoms with van der Waals surface area (Å²) in [5, 5.41) is 5.36. The molecule has 2 amide bonds. The number of nitrogens with one attached hydrogen (secondary N) is 2. The molecule has 3 aromatic carbocycles. The van der Waals surface area contributed by atoms with Crippen LogP contribution in [0.25, 0.3) is 0 Å². The molecule has 1 aliphatic rings. The lowest BCUT2D eigenvalue weighted by atomic mass is 10.1. The first-order valence-electron chi connectivity index (χ1n) is 10.7. The number of amides is 2. The van der Waals surface area contributed by atoms with E-state index >= 15 is 0 Å². The van der Waals surface area contributed by atoms with Crippen molar-refractivity contribution >= 4 is 44.8 Å². The lowest BCUT2D eigenvalue weighted by Gasteiger charge is -2.20. The zero-order chi connectivity index (χ0) is 24.5. The molecule has 0 atom stereocenters. The van der Waals surface area contributed by atoms with Gasteiger partial charge in [-0.1, -0.05) is 48.0 Å². The summed E-state index contributed by atoms with van der Waals surface area (Å²) >= 11 is 6.24. The Labute approximate surface area is 203 Å². The zero-order valence-corrected chi connectivity index (χ0v) is 20.3. The first kappa shape index (κ1) is 23.8. The summed E-state index contributed by atoms with van der Waals surface area (Å²) in [5.41, 5.74) is 4.16. The molecular formula is C25H24ClN3O4S. The number of nitrogens with zero attached hydrogens (tertiary/aromatic N) is 1. The van der Waals surface area contributed by atoms with Crippen LogP contribution in [0.1, 0.15) is 27.0 Å². The van der Waals surface area contributed by atoms with Crippen LogP contribution in [0.4, 0.5) is 11.4 Å². The zero-order valence-electron chi connectivity index (χ0n) is 18.8. The summed E-state index contributed by atoms with van der Waals surface area (Å²) < 4.78 is 28.1. The molecule has 176 valence electrons. The number of carbonyl (C=O) groups excluding carboxylic acids is 2. The maximum atomic E-state index is 13.4. The van der Waals surface area contributed by atoms with E-state index in [0.717, 1.165) is 16.7 Å². The van der Waals surface area contributed by atoms with Gasteiger partial charge in [0.1, 0.15) is 4.90 Å². The number of halogens is 1. The summed E-state index contributed by atoms with van der Waals surface area (Å²) in [6.45, 7) is 3.80. The Morgan fingerprint density at radius 2 is 1.71 bits per heavy atom. The Hall–Kier alpha value is -3.36. The van der Waals surface area contributed by atoms with Gasteiger partial charge in [0.25, 0.3) is 15.9 Å². The Kier molecular flexibility index (Phi) is 6.63. The minimum Gasteiger partial charge on any atom is -0.343 e. The normalized spacial score (nSPS) is 12.9. The van der Waals surface area contributed by atoms with Gasteiger partial charge in [0.15, 0.2) is 0 Å². The molecule has 7 nitrogen and oxygen atoms in total. The van der Waals surface area contributed by atoms with Crippen LogP contribution in [-0.4, -0.2) is 33.3 Å². The van der Waals surface area contributed by atoms with E-state index in [1.165, 1.54) is 22.5 Å². The highest BCUT2D eigenvalue weighted by Crippen LogP contribution is 2.35. The third-order valence-electron chi connectivity index (χ3n) is 5.76. The Bertz CT molecular complexity index is 1370. The van der Waals surface area contributed by atoms with Crippen molar-refractivity contribution in [2.45, 2.75) is 25.2 Å². The van der Waals surface area contributed by atoms with Crippen molar-refractivity contribution in [1.29, 1.82) is 0 Å².